The predicted octanol–water partition coefficient (Wildman–Crippen LogP) is 1.48. The van der Waals surface area contributed by atoms with E-state index in [0.29, 0.717) is 18.2 Å². The number of nitrogens with zero attached hydrogens (tertiary/aromatic N) is 3. The van der Waals surface area contributed by atoms with Gasteiger partial charge >= 0.3 is 0 Å². The highest BCUT2D eigenvalue weighted by atomic mass is 16.3. The number of nitrogens with two attached hydrogens (primary N) is 1. The average Bonchev–Trinajstić information content (AvgIpc) is 2.84. The van der Waals surface area contributed by atoms with Gasteiger partial charge in [-0.15, -0.1) is 10.2 Å². The Hall–Kier alpha value is -1.88. The SMILES string of the molecule is Cc1ccc(-c2nnc3n2CC(CN)CC3)cc1O. The molecule has 3 rings (SSSR count). The molecule has 5 nitrogen and oxygen atoms in total. The van der Waals surface area contributed by atoms with Crippen LogP contribution in [0.2, 0.25) is 0 Å². The molecule has 19 heavy (non-hydrogen) atoms. The first-order valence-corrected chi connectivity index (χ1v) is 6.61. The first kappa shape index (κ1) is 12.2. The molecule has 1 aliphatic rings. The molecule has 5 heteroatoms. The summed E-state index contributed by atoms with van der Waals surface area (Å²) in [6, 6.07) is 5.62. The number of benzene rings is 1. The molecule has 0 fully saturated rings. The smallest absolute Gasteiger partial charge is 0.164 e. The van der Waals surface area contributed by atoms with E-state index in [0.717, 1.165) is 42.2 Å². The molecule has 0 radical (unpaired) electrons. The molecule has 0 spiro atoms. The summed E-state index contributed by atoms with van der Waals surface area (Å²) < 4.78 is 2.13. The van der Waals surface area contributed by atoms with Crippen molar-refractivity contribution in [3.63, 3.8) is 0 Å². The first-order valence-electron chi connectivity index (χ1n) is 6.61. The Morgan fingerprint density at radius 2 is 2.26 bits per heavy atom. The van der Waals surface area contributed by atoms with Crippen LogP contribution in [0.5, 0.6) is 5.75 Å². The monoisotopic (exact) mass is 258 g/mol. The van der Waals surface area contributed by atoms with Crippen LogP contribution < -0.4 is 5.73 Å². The normalized spacial score (nSPS) is 18.3. The van der Waals surface area contributed by atoms with Crippen LogP contribution in [0.1, 0.15) is 17.8 Å². The molecule has 0 amide bonds. The van der Waals surface area contributed by atoms with Gasteiger partial charge in [-0.25, -0.2) is 0 Å². The van der Waals surface area contributed by atoms with Crippen molar-refractivity contribution >= 4 is 0 Å². The van der Waals surface area contributed by atoms with E-state index >= 15 is 0 Å². The summed E-state index contributed by atoms with van der Waals surface area (Å²) in [6.07, 6.45) is 2.00. The molecule has 0 bridgehead atoms. The van der Waals surface area contributed by atoms with Gasteiger partial charge in [0.05, 0.1) is 0 Å². The summed E-state index contributed by atoms with van der Waals surface area (Å²) in [7, 11) is 0. The minimum atomic E-state index is 0.293. The largest absolute Gasteiger partial charge is 0.508 e. The molecular weight excluding hydrogens is 240 g/mol. The molecular formula is C14H18N4O. The average molecular weight is 258 g/mol. The van der Waals surface area contributed by atoms with Gasteiger partial charge in [0.15, 0.2) is 5.82 Å². The minimum Gasteiger partial charge on any atom is -0.508 e. The lowest BCUT2D eigenvalue weighted by molar-refractivity contribution is 0.375. The lowest BCUT2D eigenvalue weighted by atomic mass is 9.99. The fourth-order valence-electron chi connectivity index (χ4n) is 2.55. The van der Waals surface area contributed by atoms with Crippen molar-refractivity contribution < 1.29 is 5.11 Å². The summed E-state index contributed by atoms with van der Waals surface area (Å²) in [4.78, 5) is 0. The number of hydrogen-bond donors (Lipinski definition) is 2. The van der Waals surface area contributed by atoms with Gasteiger partial charge in [-0.1, -0.05) is 12.1 Å². The van der Waals surface area contributed by atoms with E-state index in [-0.39, 0.29) is 0 Å². The molecule has 3 N–H and O–H groups in total. The Labute approximate surface area is 112 Å². The number of aromatic hydroxyl groups is 1. The zero-order chi connectivity index (χ0) is 13.4. The molecule has 1 atom stereocenters. The maximum atomic E-state index is 9.82. The third-order valence-electron chi connectivity index (χ3n) is 3.85. The zero-order valence-electron chi connectivity index (χ0n) is 11.0. The summed E-state index contributed by atoms with van der Waals surface area (Å²) in [5, 5.41) is 18.3. The van der Waals surface area contributed by atoms with E-state index in [1.54, 1.807) is 6.07 Å². The number of phenolic OH excluding ortho intramolecular Hbond substituents is 1. The van der Waals surface area contributed by atoms with Gasteiger partial charge < -0.3 is 15.4 Å². The van der Waals surface area contributed by atoms with Gasteiger partial charge in [-0.3, -0.25) is 0 Å². The van der Waals surface area contributed by atoms with Gasteiger partial charge in [0.25, 0.3) is 0 Å². The van der Waals surface area contributed by atoms with E-state index in [2.05, 4.69) is 14.8 Å². The standard InChI is InChI=1S/C14H18N4O/c1-9-2-4-11(6-12(9)19)14-17-16-13-5-3-10(7-15)8-18(13)14/h2,4,6,10,19H,3,5,7-8,15H2,1H3. The number of rotatable bonds is 2. The van der Waals surface area contributed by atoms with Crippen LogP contribution in [-0.4, -0.2) is 26.4 Å². The van der Waals surface area contributed by atoms with Crippen molar-refractivity contribution in [1.29, 1.82) is 0 Å². The number of aryl methyl sites for hydroxylation is 2. The maximum absolute atomic E-state index is 9.82. The second-order valence-electron chi connectivity index (χ2n) is 5.19. The molecule has 1 unspecified atom stereocenters. The Balaban J connectivity index is 2.02. The molecule has 0 saturated heterocycles. The van der Waals surface area contributed by atoms with Gasteiger partial charge in [0.1, 0.15) is 11.6 Å². The lowest BCUT2D eigenvalue weighted by Crippen LogP contribution is -2.26. The number of aromatic nitrogens is 3. The third-order valence-corrected chi connectivity index (χ3v) is 3.85. The quantitative estimate of drug-likeness (QED) is 0.855. The van der Waals surface area contributed by atoms with Crippen molar-refractivity contribution in [3.05, 3.63) is 29.6 Å². The van der Waals surface area contributed by atoms with Crippen LogP contribution >= 0.6 is 0 Å². The van der Waals surface area contributed by atoms with Crippen LogP contribution in [0.25, 0.3) is 11.4 Å². The van der Waals surface area contributed by atoms with Crippen LogP contribution in [0.4, 0.5) is 0 Å². The molecule has 2 aromatic rings. The second kappa shape index (κ2) is 4.66. The first-order chi connectivity index (χ1) is 9.19. The molecule has 1 aliphatic heterocycles. The van der Waals surface area contributed by atoms with Gasteiger partial charge in [-0.05, 0) is 37.4 Å². The number of phenols is 1. The topological polar surface area (TPSA) is 77.0 Å². The molecule has 0 aliphatic carbocycles. The Morgan fingerprint density at radius 1 is 1.42 bits per heavy atom. The lowest BCUT2D eigenvalue weighted by Gasteiger charge is -2.23. The zero-order valence-corrected chi connectivity index (χ0v) is 11.0. The fourth-order valence-corrected chi connectivity index (χ4v) is 2.55. The Kier molecular flexibility index (Phi) is 2.98. The van der Waals surface area contributed by atoms with Crippen molar-refractivity contribution in [2.24, 2.45) is 11.7 Å². The van der Waals surface area contributed by atoms with Crippen molar-refractivity contribution in [2.45, 2.75) is 26.3 Å². The van der Waals surface area contributed by atoms with E-state index in [1.807, 2.05) is 19.1 Å². The van der Waals surface area contributed by atoms with Gasteiger partial charge in [0.2, 0.25) is 0 Å². The van der Waals surface area contributed by atoms with E-state index < -0.39 is 0 Å². The van der Waals surface area contributed by atoms with Crippen LogP contribution in [-0.2, 0) is 13.0 Å². The summed E-state index contributed by atoms with van der Waals surface area (Å²) in [6.45, 7) is 3.43. The van der Waals surface area contributed by atoms with Crippen molar-refractivity contribution in [1.82, 2.24) is 14.8 Å². The minimum absolute atomic E-state index is 0.293. The highest BCUT2D eigenvalue weighted by molar-refractivity contribution is 5.59. The molecule has 1 aromatic carbocycles. The number of hydrogen-bond acceptors (Lipinski definition) is 4. The van der Waals surface area contributed by atoms with E-state index in [9.17, 15) is 5.11 Å². The predicted molar refractivity (Wildman–Crippen MR) is 72.7 cm³/mol. The van der Waals surface area contributed by atoms with Crippen LogP contribution in [0, 0.1) is 12.8 Å². The van der Waals surface area contributed by atoms with Gasteiger partial charge in [0, 0.05) is 18.5 Å². The number of fused-ring (bicyclic) bond motifs is 1. The summed E-state index contributed by atoms with van der Waals surface area (Å²) in [5.74, 6) is 2.62. The molecule has 1 aromatic heterocycles. The maximum Gasteiger partial charge on any atom is 0.164 e. The molecule has 0 saturated carbocycles. The van der Waals surface area contributed by atoms with Crippen molar-refractivity contribution in [3.8, 4) is 17.1 Å². The summed E-state index contributed by atoms with van der Waals surface area (Å²) in [5.41, 5.74) is 7.53. The van der Waals surface area contributed by atoms with Crippen molar-refractivity contribution in [2.75, 3.05) is 6.54 Å². The molecule has 100 valence electrons. The molecule has 2 heterocycles. The van der Waals surface area contributed by atoms with Gasteiger partial charge in [-0.2, -0.15) is 0 Å². The second-order valence-corrected chi connectivity index (χ2v) is 5.19. The van der Waals surface area contributed by atoms with E-state index in [4.69, 9.17) is 5.73 Å². The highest BCUT2D eigenvalue weighted by Crippen LogP contribution is 2.28. The summed E-state index contributed by atoms with van der Waals surface area (Å²) >= 11 is 0. The third kappa shape index (κ3) is 2.10. The van der Waals surface area contributed by atoms with Crippen LogP contribution in [0.15, 0.2) is 18.2 Å². The Morgan fingerprint density at radius 3 is 3.00 bits per heavy atom. The van der Waals surface area contributed by atoms with E-state index in [1.165, 1.54) is 0 Å². The fraction of sp³-hybridized carbons (Fsp3) is 0.429. The Bertz CT molecular complexity index is 605. The highest BCUT2D eigenvalue weighted by Gasteiger charge is 2.22. The van der Waals surface area contributed by atoms with Crippen LogP contribution in [0.3, 0.4) is 0 Å².